The summed E-state index contributed by atoms with van der Waals surface area (Å²) in [4.78, 5) is 23.9. The molecule has 0 bridgehead atoms. The number of hydrogen-bond donors (Lipinski definition) is 2. The van der Waals surface area contributed by atoms with Crippen LogP contribution in [0.1, 0.15) is 40.0 Å². The molecule has 0 spiro atoms. The maximum Gasteiger partial charge on any atom is 0.323 e. The Morgan fingerprint density at radius 3 is 2.44 bits per heavy atom. The van der Waals surface area contributed by atoms with Crippen LogP contribution in [0.15, 0.2) is 0 Å². The van der Waals surface area contributed by atoms with E-state index in [1.54, 1.807) is 6.92 Å². The first-order valence-electron chi connectivity index (χ1n) is 6.71. The number of nitrogens with one attached hydrogen (secondary N) is 1. The standard InChI is InChI=1S/C13H24N2O3/c1-4-15(8-12(16)17)13(18)14-11-6-5-9(2)10(3)7-11/h9-11H,4-8H2,1-3H3,(H,14,18)(H,16,17). The fourth-order valence-corrected chi connectivity index (χ4v) is 2.44. The largest absolute Gasteiger partial charge is 0.480 e. The summed E-state index contributed by atoms with van der Waals surface area (Å²) in [6, 6.07) is -0.0711. The summed E-state index contributed by atoms with van der Waals surface area (Å²) in [5, 5.41) is 11.7. The average Bonchev–Trinajstić information content (AvgIpc) is 2.30. The van der Waals surface area contributed by atoms with E-state index in [4.69, 9.17) is 5.11 Å². The van der Waals surface area contributed by atoms with Gasteiger partial charge in [0.1, 0.15) is 6.54 Å². The van der Waals surface area contributed by atoms with E-state index in [2.05, 4.69) is 19.2 Å². The van der Waals surface area contributed by atoms with Gasteiger partial charge < -0.3 is 15.3 Å². The van der Waals surface area contributed by atoms with E-state index < -0.39 is 5.97 Å². The smallest absolute Gasteiger partial charge is 0.323 e. The van der Waals surface area contributed by atoms with Crippen LogP contribution in [-0.2, 0) is 4.79 Å². The van der Waals surface area contributed by atoms with E-state index in [1.807, 2.05) is 0 Å². The van der Waals surface area contributed by atoms with Crippen LogP contribution in [-0.4, -0.2) is 41.1 Å². The van der Waals surface area contributed by atoms with Crippen molar-refractivity contribution in [1.82, 2.24) is 10.2 Å². The van der Waals surface area contributed by atoms with Crippen molar-refractivity contribution in [3.8, 4) is 0 Å². The van der Waals surface area contributed by atoms with Crippen molar-refractivity contribution < 1.29 is 14.7 Å². The Bertz CT molecular complexity index is 307. The van der Waals surface area contributed by atoms with E-state index in [9.17, 15) is 9.59 Å². The lowest BCUT2D eigenvalue weighted by atomic mass is 9.79. The van der Waals surface area contributed by atoms with Gasteiger partial charge in [-0.15, -0.1) is 0 Å². The lowest BCUT2D eigenvalue weighted by Gasteiger charge is -2.33. The van der Waals surface area contributed by atoms with Gasteiger partial charge in [-0.05, 0) is 38.0 Å². The number of aliphatic carboxylic acids is 1. The van der Waals surface area contributed by atoms with Gasteiger partial charge in [-0.25, -0.2) is 4.79 Å². The molecule has 0 aliphatic heterocycles. The second-order valence-corrected chi connectivity index (χ2v) is 5.32. The number of carboxylic acids is 1. The van der Waals surface area contributed by atoms with Crippen LogP contribution in [0.3, 0.4) is 0 Å². The highest BCUT2D eigenvalue weighted by Crippen LogP contribution is 2.29. The van der Waals surface area contributed by atoms with E-state index >= 15 is 0 Å². The Labute approximate surface area is 109 Å². The van der Waals surface area contributed by atoms with Crippen molar-refractivity contribution in [2.45, 2.75) is 46.1 Å². The SMILES string of the molecule is CCN(CC(=O)O)C(=O)NC1CCC(C)C(C)C1. The number of nitrogens with zero attached hydrogens (tertiary/aromatic N) is 1. The molecule has 1 saturated carbocycles. The van der Waals surface area contributed by atoms with Crippen molar-refractivity contribution in [2.75, 3.05) is 13.1 Å². The minimum Gasteiger partial charge on any atom is -0.480 e. The van der Waals surface area contributed by atoms with Crippen molar-refractivity contribution in [3.05, 3.63) is 0 Å². The number of urea groups is 1. The van der Waals surface area contributed by atoms with Gasteiger partial charge in [0.2, 0.25) is 0 Å². The van der Waals surface area contributed by atoms with E-state index in [0.717, 1.165) is 19.3 Å². The summed E-state index contributed by atoms with van der Waals surface area (Å²) < 4.78 is 0. The third-order valence-electron chi connectivity index (χ3n) is 3.92. The molecule has 1 aliphatic rings. The molecule has 1 rings (SSSR count). The van der Waals surface area contributed by atoms with Crippen LogP contribution in [0.25, 0.3) is 0 Å². The second-order valence-electron chi connectivity index (χ2n) is 5.32. The van der Waals surface area contributed by atoms with Gasteiger partial charge in [-0.3, -0.25) is 4.79 Å². The Kier molecular flexibility index (Phi) is 5.44. The van der Waals surface area contributed by atoms with E-state index in [1.165, 1.54) is 4.90 Å². The maximum absolute atomic E-state index is 11.9. The van der Waals surface area contributed by atoms with Crippen LogP contribution in [0.4, 0.5) is 4.79 Å². The number of hydrogen-bond acceptors (Lipinski definition) is 2. The van der Waals surface area contributed by atoms with Gasteiger partial charge in [0.15, 0.2) is 0 Å². The van der Waals surface area contributed by atoms with Crippen LogP contribution < -0.4 is 5.32 Å². The minimum absolute atomic E-state index is 0.187. The summed E-state index contributed by atoms with van der Waals surface area (Å²) in [6.45, 7) is 6.41. The first-order valence-corrected chi connectivity index (χ1v) is 6.71. The number of likely N-dealkylation sites (N-methyl/N-ethyl adjacent to an activating group) is 1. The minimum atomic E-state index is -0.974. The van der Waals surface area contributed by atoms with Crippen LogP contribution in [0.2, 0.25) is 0 Å². The Morgan fingerprint density at radius 1 is 1.28 bits per heavy atom. The van der Waals surface area contributed by atoms with Crippen LogP contribution in [0.5, 0.6) is 0 Å². The van der Waals surface area contributed by atoms with Gasteiger partial charge in [0.25, 0.3) is 0 Å². The van der Waals surface area contributed by atoms with Crippen molar-refractivity contribution >= 4 is 12.0 Å². The summed E-state index contributed by atoms with van der Waals surface area (Å²) in [5.74, 6) is 0.343. The van der Waals surface area contributed by atoms with Crippen LogP contribution in [0, 0.1) is 11.8 Å². The van der Waals surface area contributed by atoms with Gasteiger partial charge >= 0.3 is 12.0 Å². The van der Waals surface area contributed by atoms with Crippen molar-refractivity contribution in [1.29, 1.82) is 0 Å². The van der Waals surface area contributed by atoms with Crippen LogP contribution >= 0.6 is 0 Å². The number of carbonyl (C=O) groups is 2. The summed E-state index contributed by atoms with van der Waals surface area (Å²) in [5.41, 5.74) is 0. The zero-order valence-corrected chi connectivity index (χ0v) is 11.5. The van der Waals surface area contributed by atoms with E-state index in [0.29, 0.717) is 18.4 Å². The predicted molar refractivity (Wildman–Crippen MR) is 69.4 cm³/mol. The van der Waals surface area contributed by atoms with E-state index in [-0.39, 0.29) is 18.6 Å². The lowest BCUT2D eigenvalue weighted by Crippen LogP contribution is -2.48. The zero-order valence-electron chi connectivity index (χ0n) is 11.5. The maximum atomic E-state index is 11.9. The highest BCUT2D eigenvalue weighted by atomic mass is 16.4. The monoisotopic (exact) mass is 256 g/mol. The fraction of sp³-hybridized carbons (Fsp3) is 0.846. The molecule has 0 aromatic heterocycles. The highest BCUT2D eigenvalue weighted by Gasteiger charge is 2.26. The topological polar surface area (TPSA) is 69.6 Å². The third-order valence-corrected chi connectivity index (χ3v) is 3.92. The molecule has 2 amide bonds. The summed E-state index contributed by atoms with van der Waals surface area (Å²) in [7, 11) is 0. The third kappa shape index (κ3) is 4.20. The van der Waals surface area contributed by atoms with Gasteiger partial charge in [-0.2, -0.15) is 0 Å². The predicted octanol–water partition coefficient (Wildman–Crippen LogP) is 1.93. The highest BCUT2D eigenvalue weighted by molar-refractivity contribution is 5.80. The molecule has 5 nitrogen and oxygen atoms in total. The Hall–Kier alpha value is -1.26. The molecule has 3 unspecified atom stereocenters. The summed E-state index contributed by atoms with van der Waals surface area (Å²) in [6.07, 6.45) is 3.09. The molecule has 1 fully saturated rings. The summed E-state index contributed by atoms with van der Waals surface area (Å²) >= 11 is 0. The molecule has 104 valence electrons. The molecular weight excluding hydrogens is 232 g/mol. The van der Waals surface area contributed by atoms with Crippen molar-refractivity contribution in [2.24, 2.45) is 11.8 Å². The van der Waals surface area contributed by atoms with Gasteiger partial charge in [0, 0.05) is 12.6 Å². The first-order chi connectivity index (χ1) is 8.43. The normalized spacial score (nSPS) is 27.6. The number of carbonyl (C=O) groups excluding carboxylic acids is 1. The molecule has 18 heavy (non-hydrogen) atoms. The number of carboxylic acid groups (broad SMARTS) is 1. The number of amides is 2. The second kappa shape index (κ2) is 6.61. The van der Waals surface area contributed by atoms with Gasteiger partial charge in [-0.1, -0.05) is 13.8 Å². The molecule has 2 N–H and O–H groups in total. The molecule has 1 aliphatic carbocycles. The number of rotatable bonds is 4. The molecule has 0 aromatic carbocycles. The molecular formula is C13H24N2O3. The molecule has 0 aromatic rings. The average molecular weight is 256 g/mol. The quantitative estimate of drug-likeness (QED) is 0.807. The first kappa shape index (κ1) is 14.8. The zero-order chi connectivity index (χ0) is 13.7. The molecule has 0 saturated heterocycles. The molecule has 0 radical (unpaired) electrons. The Balaban J connectivity index is 2.45. The van der Waals surface area contributed by atoms with Crippen molar-refractivity contribution in [3.63, 3.8) is 0 Å². The molecule has 5 heteroatoms. The lowest BCUT2D eigenvalue weighted by molar-refractivity contribution is -0.137. The van der Waals surface area contributed by atoms with Gasteiger partial charge in [0.05, 0.1) is 0 Å². The fourth-order valence-electron chi connectivity index (χ4n) is 2.44. The Morgan fingerprint density at radius 2 is 1.94 bits per heavy atom. The molecule has 0 heterocycles. The molecule has 3 atom stereocenters.